The van der Waals surface area contributed by atoms with Crippen molar-refractivity contribution in [3.8, 4) is 5.69 Å². The van der Waals surface area contributed by atoms with Crippen LogP contribution in [0.3, 0.4) is 0 Å². The van der Waals surface area contributed by atoms with Crippen LogP contribution in [0.5, 0.6) is 0 Å². The van der Waals surface area contributed by atoms with Crippen LogP contribution in [0.25, 0.3) is 70.8 Å². The Kier molecular flexibility index (Phi) is 14.2. The van der Waals surface area contributed by atoms with Crippen molar-refractivity contribution in [1.29, 1.82) is 0 Å². The first kappa shape index (κ1) is 60.0. The van der Waals surface area contributed by atoms with E-state index in [0.717, 1.165) is 0 Å². The van der Waals surface area contributed by atoms with E-state index < -0.39 is 0 Å². The first-order valence-electron chi connectivity index (χ1n) is 34.5. The van der Waals surface area contributed by atoms with E-state index in [4.69, 9.17) is 0 Å². The summed E-state index contributed by atoms with van der Waals surface area (Å²) in [5.41, 5.74) is 23.1. The fourth-order valence-corrected chi connectivity index (χ4v) is 20.3. The summed E-state index contributed by atoms with van der Waals surface area (Å²) in [7, 11) is 0. The lowest BCUT2D eigenvalue weighted by molar-refractivity contribution is 0.642. The number of anilines is 12. The van der Waals surface area contributed by atoms with Crippen molar-refractivity contribution in [3.05, 3.63) is 321 Å². The molecule has 0 bridgehead atoms. The van der Waals surface area contributed by atoms with Crippen molar-refractivity contribution in [2.75, 3.05) is 19.6 Å². The molecule has 0 unspecified atom stereocenters. The maximum atomic E-state index is 2.50. The van der Waals surface area contributed by atoms with Gasteiger partial charge in [-0.25, -0.2) is 0 Å². The molecule has 0 saturated heterocycles. The molecule has 0 spiro atoms. The lowest BCUT2D eigenvalue weighted by atomic mass is 10.0. The summed E-state index contributed by atoms with van der Waals surface area (Å²) in [5.74, 6) is 0. The Balaban J connectivity index is 0.000000136. The Morgan fingerprint density at radius 1 is 0.228 bits per heavy atom. The van der Waals surface area contributed by atoms with Crippen molar-refractivity contribution in [2.45, 2.75) is 72.9 Å². The molecule has 10 heteroatoms. The van der Waals surface area contributed by atoms with Crippen molar-refractivity contribution < 1.29 is 0 Å². The highest BCUT2D eigenvalue weighted by molar-refractivity contribution is 8.00. The molecule has 0 fully saturated rings. The van der Waals surface area contributed by atoms with Gasteiger partial charge in [0.05, 0.1) is 73.4 Å². The minimum atomic E-state index is 0.342. The summed E-state index contributed by atoms with van der Waals surface area (Å²) in [6.07, 6.45) is 0. The van der Waals surface area contributed by atoms with Gasteiger partial charge >= 0.3 is 0 Å². The molecule has 17 aromatic rings. The average Bonchev–Trinajstić information content (AvgIpc) is 1.70. The quantitative estimate of drug-likeness (QED) is 0.162. The summed E-state index contributed by atoms with van der Waals surface area (Å²) < 4.78 is 4.95. The Bertz CT molecular complexity index is 6190. The predicted octanol–water partition coefficient (Wildman–Crippen LogP) is 27.8. The van der Waals surface area contributed by atoms with Gasteiger partial charge in [0.1, 0.15) is 0 Å². The fraction of sp³-hybridized carbons (Fsp3) is 0.0549. The van der Waals surface area contributed by atoms with Crippen LogP contribution < -0.4 is 19.6 Å². The van der Waals surface area contributed by atoms with Gasteiger partial charge in [0, 0.05) is 100 Å². The normalized spacial score (nSPS) is 13.4. The zero-order chi connectivity index (χ0) is 67.1. The summed E-state index contributed by atoms with van der Waals surface area (Å²) >= 11 is 7.43. The first-order valence-corrected chi connectivity index (χ1v) is 37.7. The molecule has 2 aromatic heterocycles. The van der Waals surface area contributed by atoms with Crippen LogP contribution in [0.4, 0.5) is 68.2 Å². The predicted molar refractivity (Wildman–Crippen MR) is 430 cm³/mol. The zero-order valence-electron chi connectivity index (χ0n) is 55.8. The van der Waals surface area contributed by atoms with Gasteiger partial charge in [-0.05, 0) is 207 Å². The largest absolute Gasteiger partial charge is 0.338 e. The summed E-state index contributed by atoms with van der Waals surface area (Å²) in [6.45, 7) is 8.95. The Morgan fingerprint density at radius 3 is 1.05 bits per heavy atom. The van der Waals surface area contributed by atoms with E-state index in [-0.39, 0.29) is 0 Å². The van der Waals surface area contributed by atoms with Crippen molar-refractivity contribution in [3.63, 3.8) is 0 Å². The van der Waals surface area contributed by atoms with Crippen LogP contribution in [0.15, 0.2) is 349 Å². The van der Waals surface area contributed by atoms with Crippen LogP contribution in [-0.4, -0.2) is 9.13 Å². The number of para-hydroxylation sites is 8. The molecule has 4 aliphatic rings. The van der Waals surface area contributed by atoms with E-state index in [9.17, 15) is 0 Å². The number of aryl methyl sites for hydroxylation is 2. The van der Waals surface area contributed by atoms with Crippen LogP contribution in [0, 0.1) is 13.8 Å². The summed E-state index contributed by atoms with van der Waals surface area (Å²) in [6, 6.07) is 115. The first-order chi connectivity index (χ1) is 49.7. The topological polar surface area (TPSA) is 22.8 Å². The average molecular weight is 1370 g/mol. The molecule has 0 N–H and O–H groups in total. The van der Waals surface area contributed by atoms with Gasteiger partial charge in [-0.2, -0.15) is 0 Å². The number of benzene rings is 15. The molecular formula is C91H64N6S4. The maximum absolute atomic E-state index is 2.50. The van der Waals surface area contributed by atoms with Gasteiger partial charge in [0.15, 0.2) is 0 Å². The van der Waals surface area contributed by atoms with Crippen LogP contribution in [0.2, 0.25) is 0 Å². The minimum absolute atomic E-state index is 0.342. The van der Waals surface area contributed by atoms with Crippen LogP contribution >= 0.6 is 47.0 Å². The van der Waals surface area contributed by atoms with Crippen LogP contribution in [-0.2, 0) is 0 Å². The molecule has 4 aliphatic heterocycles. The van der Waals surface area contributed by atoms with E-state index in [2.05, 4.69) is 366 Å². The Labute approximate surface area is 603 Å². The summed E-state index contributed by atoms with van der Waals surface area (Å²) in [4.78, 5) is 20.0. The minimum Gasteiger partial charge on any atom is -0.338 e. The molecule has 0 atom stereocenters. The van der Waals surface area contributed by atoms with Crippen molar-refractivity contribution in [1.82, 2.24) is 9.13 Å². The molecule has 21 rings (SSSR count). The van der Waals surface area contributed by atoms with E-state index in [1.165, 1.54) is 189 Å². The van der Waals surface area contributed by atoms with Crippen LogP contribution in [0.1, 0.15) is 31.0 Å². The second-order valence-corrected chi connectivity index (χ2v) is 31.1. The van der Waals surface area contributed by atoms with Crippen molar-refractivity contribution in [2.24, 2.45) is 0 Å². The molecule has 0 radical (unpaired) electrons. The zero-order valence-corrected chi connectivity index (χ0v) is 59.1. The second-order valence-electron chi connectivity index (χ2n) is 26.8. The van der Waals surface area contributed by atoms with Gasteiger partial charge in [-0.1, -0.05) is 199 Å². The fourth-order valence-electron chi connectivity index (χ4n) is 16.0. The lowest BCUT2D eigenvalue weighted by Crippen LogP contribution is -2.17. The molecule has 101 heavy (non-hydrogen) atoms. The monoisotopic (exact) mass is 1370 g/mol. The number of hydrogen-bond donors (Lipinski definition) is 0. The number of fused-ring (bicyclic) bond motifs is 16. The van der Waals surface area contributed by atoms with Crippen molar-refractivity contribution >= 4 is 180 Å². The van der Waals surface area contributed by atoms with Gasteiger partial charge in [-0.3, -0.25) is 0 Å². The number of aromatic nitrogens is 2. The third kappa shape index (κ3) is 9.74. The third-order valence-electron chi connectivity index (χ3n) is 20.2. The Hall–Kier alpha value is -11.0. The number of rotatable bonds is 6. The molecular weight excluding hydrogens is 1310 g/mol. The van der Waals surface area contributed by atoms with Gasteiger partial charge in [-0.15, -0.1) is 0 Å². The smallest absolute Gasteiger partial charge is 0.0623 e. The standard InChI is InChI=1S/C48H33N3S2.C43H31N3S2/c1-30-25-31(2)27-32(26-30)49-37-16-4-3-13-35(37)36-28-48-44(29-43(36)49)51(42-19-7-10-24-47(42)53-48)39-21-12-14-33-34(39)15-11-20-38(33)50-40-17-5-8-22-45(40)52-46-23-9-6-18-41(46)50;1-27(2)44-34-12-4-3-11-32(34)33-25-43-39(26-38(33)44)46(37-15-7-10-18-42(37)48-43)31-22-20-28-23-30(21-19-29(28)24-31)45-35-13-5-8-16-40(35)47-41-17-9-6-14-36(41)45/h3-29H,1-2H3;3-27H,1-2H3. The number of nitrogens with zero attached hydrogens (tertiary/aromatic N) is 6. The highest BCUT2D eigenvalue weighted by Gasteiger charge is 2.33. The van der Waals surface area contributed by atoms with Gasteiger partial charge in [0.2, 0.25) is 0 Å². The van der Waals surface area contributed by atoms with Gasteiger partial charge in [0.25, 0.3) is 0 Å². The SMILES string of the molecule is CC(C)n1c2ccccc2c2cc3c(cc21)N(c1ccc2cc(N4c5ccccc5Sc5ccccc54)ccc2c1)c1ccccc1S3.Cc1cc(C)cc(-n2c3ccccc3c3cc4c(cc32)N(c2cccc3c(N5c6ccccc6Sc6ccccc65)cccc23)c2ccccc2S4)c1. The highest BCUT2D eigenvalue weighted by Crippen LogP contribution is 2.59. The molecule has 0 aliphatic carbocycles. The molecule has 15 aromatic carbocycles. The van der Waals surface area contributed by atoms with E-state index >= 15 is 0 Å². The molecule has 0 saturated carbocycles. The highest BCUT2D eigenvalue weighted by atomic mass is 32.2. The summed E-state index contributed by atoms with van der Waals surface area (Å²) in [5, 5.41) is 10.0. The van der Waals surface area contributed by atoms with E-state index in [1.807, 2.05) is 47.0 Å². The molecule has 6 nitrogen and oxygen atoms in total. The molecule has 482 valence electrons. The maximum Gasteiger partial charge on any atom is 0.0623 e. The lowest BCUT2D eigenvalue weighted by Gasteiger charge is -2.35. The molecule has 6 heterocycles. The van der Waals surface area contributed by atoms with E-state index in [1.54, 1.807) is 0 Å². The van der Waals surface area contributed by atoms with Gasteiger partial charge < -0.3 is 28.7 Å². The Morgan fingerprint density at radius 2 is 0.574 bits per heavy atom. The second kappa shape index (κ2) is 23.9. The molecule has 0 amide bonds. The number of hydrogen-bond acceptors (Lipinski definition) is 8. The van der Waals surface area contributed by atoms with E-state index in [0.29, 0.717) is 6.04 Å². The third-order valence-corrected chi connectivity index (χ3v) is 24.7.